The van der Waals surface area contributed by atoms with E-state index in [0.717, 1.165) is 22.1 Å². The normalized spacial score (nSPS) is 17.1. The molecule has 5 rings (SSSR count). The van der Waals surface area contributed by atoms with E-state index in [9.17, 15) is 9.59 Å². The van der Waals surface area contributed by atoms with E-state index in [0.29, 0.717) is 25.3 Å². The largest absolute Gasteiger partial charge is 0.443 e. The maximum absolute atomic E-state index is 13.4. The van der Waals surface area contributed by atoms with Crippen LogP contribution in [0, 0.1) is 0 Å². The van der Waals surface area contributed by atoms with Gasteiger partial charge in [0.25, 0.3) is 0 Å². The smallest absolute Gasteiger partial charge is 0.419 e. The number of benzene rings is 1. The number of nitrogens with zero attached hydrogens (tertiary/aromatic N) is 4. The number of hydrogen-bond donors (Lipinski definition) is 1. The lowest BCUT2D eigenvalue weighted by atomic mass is 10.0. The van der Waals surface area contributed by atoms with Gasteiger partial charge in [0, 0.05) is 30.9 Å². The molecule has 8 nitrogen and oxygen atoms in total. The number of nitrogens with one attached hydrogen (secondary N) is 1. The molecule has 1 aliphatic heterocycles. The van der Waals surface area contributed by atoms with Gasteiger partial charge in [-0.15, -0.1) is 0 Å². The number of ether oxygens (including phenoxy) is 1. The summed E-state index contributed by atoms with van der Waals surface area (Å²) in [6.07, 6.45) is 5.61. The number of aromatic nitrogens is 3. The highest BCUT2D eigenvalue weighted by Crippen LogP contribution is 2.25. The zero-order valence-electron chi connectivity index (χ0n) is 19.0. The van der Waals surface area contributed by atoms with E-state index >= 15 is 0 Å². The van der Waals surface area contributed by atoms with Crippen molar-refractivity contribution in [1.82, 2.24) is 19.3 Å². The second-order valence-corrected chi connectivity index (χ2v) is 9.29. The quantitative estimate of drug-likeness (QED) is 0.521. The Kier molecular flexibility index (Phi) is 5.17. The molecule has 0 aliphatic carbocycles. The van der Waals surface area contributed by atoms with Crippen molar-refractivity contribution in [2.24, 2.45) is 0 Å². The summed E-state index contributed by atoms with van der Waals surface area (Å²) in [7, 11) is 0. The molecule has 1 aromatic carbocycles. The van der Waals surface area contributed by atoms with Crippen LogP contribution in [0.15, 0.2) is 61.1 Å². The lowest BCUT2D eigenvalue weighted by Gasteiger charge is -2.31. The van der Waals surface area contributed by atoms with Gasteiger partial charge < -0.3 is 14.5 Å². The van der Waals surface area contributed by atoms with Gasteiger partial charge in [0.05, 0.1) is 17.8 Å². The summed E-state index contributed by atoms with van der Waals surface area (Å²) in [6.45, 7) is 6.75. The summed E-state index contributed by atoms with van der Waals surface area (Å²) in [4.78, 5) is 32.5. The van der Waals surface area contributed by atoms with Crippen LogP contribution in [0.3, 0.4) is 0 Å². The summed E-state index contributed by atoms with van der Waals surface area (Å²) in [5, 5.41) is 4.27. The van der Waals surface area contributed by atoms with E-state index in [1.807, 2.05) is 80.0 Å². The Morgan fingerprint density at radius 1 is 1.15 bits per heavy atom. The second-order valence-electron chi connectivity index (χ2n) is 9.29. The van der Waals surface area contributed by atoms with Gasteiger partial charge in [-0.25, -0.2) is 9.78 Å². The van der Waals surface area contributed by atoms with Crippen LogP contribution in [0.1, 0.15) is 26.3 Å². The minimum absolute atomic E-state index is 0.0289. The fraction of sp³-hybridized carbons (Fsp3) is 0.320. The summed E-state index contributed by atoms with van der Waals surface area (Å²) in [6, 6.07) is 13.0. The summed E-state index contributed by atoms with van der Waals surface area (Å²) in [5.41, 5.74) is 1.88. The highest BCUT2D eigenvalue weighted by atomic mass is 16.6. The molecule has 1 amide bonds. The summed E-state index contributed by atoms with van der Waals surface area (Å²) >= 11 is 0. The van der Waals surface area contributed by atoms with E-state index in [-0.39, 0.29) is 5.91 Å². The lowest BCUT2D eigenvalue weighted by Crippen LogP contribution is -2.56. The topological polar surface area (TPSA) is 80.9 Å². The van der Waals surface area contributed by atoms with E-state index < -0.39 is 17.7 Å². The predicted octanol–water partition coefficient (Wildman–Crippen LogP) is 3.62. The maximum Gasteiger partial charge on any atom is 0.419 e. The Morgan fingerprint density at radius 3 is 2.73 bits per heavy atom. The first kappa shape index (κ1) is 21.2. The first-order valence-corrected chi connectivity index (χ1v) is 11.1. The number of carbonyl (C=O) groups is 2. The third-order valence-electron chi connectivity index (χ3n) is 5.73. The number of imidazole rings is 1. The summed E-state index contributed by atoms with van der Waals surface area (Å²) in [5.74, 6) is 0.618. The number of rotatable bonds is 3. The molecule has 0 radical (unpaired) electrons. The zero-order valence-corrected chi connectivity index (χ0v) is 19.0. The average Bonchev–Trinajstić information content (AvgIpc) is 3.36. The molecule has 0 bridgehead atoms. The predicted molar refractivity (Wildman–Crippen MR) is 127 cm³/mol. The summed E-state index contributed by atoms with van der Waals surface area (Å²) < 4.78 is 9.02. The van der Waals surface area contributed by atoms with Crippen molar-refractivity contribution in [3.63, 3.8) is 0 Å². The van der Waals surface area contributed by atoms with Crippen LogP contribution >= 0.6 is 0 Å². The first-order valence-electron chi connectivity index (χ1n) is 11.1. The Bertz CT molecular complexity index is 1310. The fourth-order valence-electron chi connectivity index (χ4n) is 4.27. The molecule has 33 heavy (non-hydrogen) atoms. The Morgan fingerprint density at radius 2 is 1.94 bits per heavy atom. The molecule has 1 N–H and O–H groups in total. The van der Waals surface area contributed by atoms with Crippen LogP contribution in [0.25, 0.3) is 16.6 Å². The number of anilines is 1. The molecule has 1 atom stereocenters. The molecule has 1 fully saturated rings. The van der Waals surface area contributed by atoms with Gasteiger partial charge in [0.15, 0.2) is 5.82 Å². The molecule has 170 valence electrons. The number of para-hydroxylation sites is 1. The van der Waals surface area contributed by atoms with Gasteiger partial charge in [-0.05, 0) is 51.0 Å². The Balaban J connectivity index is 1.43. The molecule has 1 saturated heterocycles. The van der Waals surface area contributed by atoms with Crippen molar-refractivity contribution in [3.05, 3.63) is 66.6 Å². The number of carbonyl (C=O) groups excluding carboxylic acids is 2. The van der Waals surface area contributed by atoms with Gasteiger partial charge in [-0.1, -0.05) is 24.3 Å². The van der Waals surface area contributed by atoms with Gasteiger partial charge in [-0.3, -0.25) is 14.3 Å². The Hall–Kier alpha value is -3.65. The van der Waals surface area contributed by atoms with Crippen molar-refractivity contribution in [1.29, 1.82) is 0 Å². The molecule has 3 aromatic heterocycles. The van der Waals surface area contributed by atoms with Crippen LogP contribution < -0.4 is 10.2 Å². The van der Waals surface area contributed by atoms with Gasteiger partial charge in [0.1, 0.15) is 11.2 Å². The number of hydrogen-bond acceptors (Lipinski definition) is 5. The first-order chi connectivity index (χ1) is 15.8. The van der Waals surface area contributed by atoms with Crippen molar-refractivity contribution >= 4 is 34.4 Å². The monoisotopic (exact) mass is 445 g/mol. The lowest BCUT2D eigenvalue weighted by molar-refractivity contribution is -0.121. The third-order valence-corrected chi connectivity index (χ3v) is 5.73. The van der Waals surface area contributed by atoms with Crippen molar-refractivity contribution < 1.29 is 14.3 Å². The van der Waals surface area contributed by atoms with Gasteiger partial charge >= 0.3 is 6.09 Å². The minimum atomic E-state index is -0.599. The maximum atomic E-state index is 13.4. The van der Waals surface area contributed by atoms with Gasteiger partial charge in [-0.2, -0.15) is 0 Å². The van der Waals surface area contributed by atoms with E-state index in [1.54, 1.807) is 11.1 Å². The molecule has 8 heteroatoms. The second kappa shape index (κ2) is 8.04. The fourth-order valence-corrected chi connectivity index (χ4v) is 4.27. The van der Waals surface area contributed by atoms with E-state index in [4.69, 9.17) is 4.74 Å². The van der Waals surface area contributed by atoms with E-state index in [1.165, 1.54) is 4.57 Å². The molecular formula is C25H27N5O3. The van der Waals surface area contributed by atoms with Crippen molar-refractivity contribution in [2.75, 3.05) is 18.0 Å². The third kappa shape index (κ3) is 4.09. The van der Waals surface area contributed by atoms with Crippen LogP contribution in [0.2, 0.25) is 0 Å². The number of amides is 1. The molecule has 1 aliphatic rings. The van der Waals surface area contributed by atoms with E-state index in [2.05, 4.69) is 10.3 Å². The highest BCUT2D eigenvalue weighted by Gasteiger charge is 2.32. The Labute approximate surface area is 191 Å². The van der Waals surface area contributed by atoms with Crippen LogP contribution in [-0.4, -0.2) is 50.7 Å². The molecule has 4 aromatic rings. The molecule has 0 saturated carbocycles. The molecular weight excluding hydrogens is 418 g/mol. The minimum Gasteiger partial charge on any atom is -0.443 e. The highest BCUT2D eigenvalue weighted by molar-refractivity contribution is 5.98. The number of pyridine rings is 1. The number of fused-ring (bicyclic) bond motifs is 2. The average molecular weight is 446 g/mol. The standard InChI is InChI=1S/C25H27N5O3/c1-25(2,3)33-24(32)30-15-17(18-8-4-5-9-20(18)30)14-19-23(31)29(13-11-26-19)22-16-28-12-7-6-10-21(28)27-22/h4-10,12,15-16,19,26H,11,13-14H2,1-3H3/t19-/m1/s1. The van der Waals surface area contributed by atoms with Crippen molar-refractivity contribution in [3.8, 4) is 0 Å². The molecule has 0 spiro atoms. The van der Waals surface area contributed by atoms with Crippen molar-refractivity contribution in [2.45, 2.75) is 38.8 Å². The molecule has 0 unspecified atom stereocenters. The number of piperazine rings is 1. The van der Waals surface area contributed by atoms with Crippen LogP contribution in [-0.2, 0) is 16.0 Å². The van der Waals surface area contributed by atoms with Crippen LogP contribution in [0.5, 0.6) is 0 Å². The SMILES string of the molecule is CC(C)(C)OC(=O)n1cc(C[C@H]2NCCN(c3cn4ccccc4n3)C2=O)c2ccccc21. The van der Waals surface area contributed by atoms with Crippen LogP contribution in [0.4, 0.5) is 10.6 Å². The van der Waals surface area contributed by atoms with Gasteiger partial charge in [0.2, 0.25) is 5.91 Å². The molecule has 4 heterocycles. The zero-order chi connectivity index (χ0) is 23.2.